The van der Waals surface area contributed by atoms with Crippen molar-refractivity contribution >= 4 is 11.6 Å². The Morgan fingerprint density at radius 2 is 2.00 bits per heavy atom. The van der Waals surface area contributed by atoms with Crippen LogP contribution in [-0.2, 0) is 24.2 Å². The van der Waals surface area contributed by atoms with Gasteiger partial charge in [0.25, 0.3) is 0 Å². The molecule has 0 bridgehead atoms. The van der Waals surface area contributed by atoms with Gasteiger partial charge in [-0.2, -0.15) is 0 Å². The first kappa shape index (κ1) is 18.1. The van der Waals surface area contributed by atoms with Crippen LogP contribution in [0.25, 0.3) is 0 Å². The van der Waals surface area contributed by atoms with Gasteiger partial charge in [0.05, 0.1) is 7.11 Å². The molecule has 2 aliphatic rings. The average Bonchev–Trinajstić information content (AvgIpc) is 2.64. The largest absolute Gasteiger partial charge is 0.496 e. The van der Waals surface area contributed by atoms with Crippen LogP contribution in [0.5, 0.6) is 5.75 Å². The zero-order chi connectivity index (χ0) is 18.6. The molecule has 1 saturated carbocycles. The van der Waals surface area contributed by atoms with E-state index >= 15 is 0 Å². The Hall–Kier alpha value is -2.33. The Balaban J connectivity index is 1.33. The van der Waals surface area contributed by atoms with E-state index in [1.807, 2.05) is 12.1 Å². The van der Waals surface area contributed by atoms with Gasteiger partial charge in [0.15, 0.2) is 0 Å². The number of carbonyl (C=O) groups excluding carboxylic acids is 1. The van der Waals surface area contributed by atoms with Crippen molar-refractivity contribution in [2.24, 2.45) is 5.92 Å². The van der Waals surface area contributed by atoms with Crippen LogP contribution in [0.4, 0.5) is 5.69 Å². The SMILES string of the molecule is COc1cccc2c1CCC(NCc1cccc(NC(=O)C3CCC3)c1)C2. The zero-order valence-corrected chi connectivity index (χ0v) is 16.0. The predicted molar refractivity (Wildman–Crippen MR) is 108 cm³/mol. The molecule has 1 fully saturated rings. The maximum Gasteiger partial charge on any atom is 0.227 e. The van der Waals surface area contributed by atoms with E-state index in [4.69, 9.17) is 4.74 Å². The highest BCUT2D eigenvalue weighted by atomic mass is 16.5. The van der Waals surface area contributed by atoms with Crippen LogP contribution >= 0.6 is 0 Å². The van der Waals surface area contributed by atoms with Gasteiger partial charge >= 0.3 is 0 Å². The summed E-state index contributed by atoms with van der Waals surface area (Å²) in [5.41, 5.74) is 4.86. The summed E-state index contributed by atoms with van der Waals surface area (Å²) in [5, 5.41) is 6.76. The minimum absolute atomic E-state index is 0.171. The van der Waals surface area contributed by atoms with Crippen molar-refractivity contribution in [3.05, 3.63) is 59.2 Å². The van der Waals surface area contributed by atoms with Gasteiger partial charge in [-0.3, -0.25) is 4.79 Å². The van der Waals surface area contributed by atoms with Gasteiger partial charge in [-0.25, -0.2) is 0 Å². The molecule has 2 aliphatic carbocycles. The van der Waals surface area contributed by atoms with Gasteiger partial charge in [0.2, 0.25) is 5.91 Å². The molecule has 1 unspecified atom stereocenters. The summed E-state index contributed by atoms with van der Waals surface area (Å²) in [6.07, 6.45) is 6.44. The van der Waals surface area contributed by atoms with Crippen molar-refractivity contribution in [2.45, 2.75) is 51.1 Å². The fraction of sp³-hybridized carbons (Fsp3) is 0.435. The summed E-state index contributed by atoms with van der Waals surface area (Å²) >= 11 is 0. The van der Waals surface area contributed by atoms with Gasteiger partial charge in [-0.15, -0.1) is 0 Å². The molecular weight excluding hydrogens is 336 g/mol. The van der Waals surface area contributed by atoms with Crippen molar-refractivity contribution in [2.75, 3.05) is 12.4 Å². The maximum atomic E-state index is 12.1. The summed E-state index contributed by atoms with van der Waals surface area (Å²) in [7, 11) is 1.75. The topological polar surface area (TPSA) is 50.4 Å². The summed E-state index contributed by atoms with van der Waals surface area (Å²) in [4.78, 5) is 12.1. The first-order chi connectivity index (χ1) is 13.2. The zero-order valence-electron chi connectivity index (χ0n) is 16.0. The Morgan fingerprint density at radius 3 is 2.78 bits per heavy atom. The highest BCUT2D eigenvalue weighted by Gasteiger charge is 2.25. The lowest BCUT2D eigenvalue weighted by atomic mass is 9.85. The highest BCUT2D eigenvalue weighted by molar-refractivity contribution is 5.93. The first-order valence-corrected chi connectivity index (χ1v) is 10.0. The van der Waals surface area contributed by atoms with Gasteiger partial charge in [-0.1, -0.05) is 30.7 Å². The molecule has 0 heterocycles. The van der Waals surface area contributed by atoms with E-state index < -0.39 is 0 Å². The van der Waals surface area contributed by atoms with Crippen molar-refractivity contribution in [3.63, 3.8) is 0 Å². The molecule has 27 heavy (non-hydrogen) atoms. The molecule has 2 aromatic rings. The first-order valence-electron chi connectivity index (χ1n) is 10.0. The molecule has 142 valence electrons. The standard InChI is InChI=1S/C23H28N2O2/c1-27-22-10-4-8-18-14-19(11-12-21(18)22)24-15-16-5-2-9-20(13-16)25-23(26)17-6-3-7-17/h2,4-5,8-10,13,17,19,24H,3,6-7,11-12,14-15H2,1H3,(H,25,26). The average molecular weight is 364 g/mol. The Kier molecular flexibility index (Phi) is 5.44. The minimum Gasteiger partial charge on any atom is -0.496 e. The van der Waals surface area contributed by atoms with Crippen molar-refractivity contribution in [3.8, 4) is 5.75 Å². The van der Waals surface area contributed by atoms with Crippen molar-refractivity contribution in [1.82, 2.24) is 5.32 Å². The molecule has 4 heteroatoms. The van der Waals surface area contributed by atoms with Crippen LogP contribution in [0, 0.1) is 5.92 Å². The van der Waals surface area contributed by atoms with Crippen LogP contribution in [0.15, 0.2) is 42.5 Å². The third-order valence-corrected chi connectivity index (χ3v) is 5.92. The Labute approximate surface area is 161 Å². The smallest absolute Gasteiger partial charge is 0.227 e. The summed E-state index contributed by atoms with van der Waals surface area (Å²) < 4.78 is 5.50. The molecule has 0 spiro atoms. The number of hydrogen-bond acceptors (Lipinski definition) is 3. The molecule has 0 saturated heterocycles. The summed E-state index contributed by atoms with van der Waals surface area (Å²) in [5.74, 6) is 1.40. The molecular formula is C23H28N2O2. The fourth-order valence-electron chi connectivity index (χ4n) is 4.07. The van der Waals surface area contributed by atoms with Crippen LogP contribution in [-0.4, -0.2) is 19.1 Å². The second-order valence-corrected chi connectivity index (χ2v) is 7.74. The van der Waals surface area contributed by atoms with Gasteiger partial charge in [0.1, 0.15) is 5.75 Å². The molecule has 4 rings (SSSR count). The van der Waals surface area contributed by atoms with Crippen LogP contribution < -0.4 is 15.4 Å². The molecule has 1 atom stereocenters. The number of hydrogen-bond donors (Lipinski definition) is 2. The molecule has 2 N–H and O–H groups in total. The van der Waals surface area contributed by atoms with Crippen LogP contribution in [0.3, 0.4) is 0 Å². The quantitative estimate of drug-likeness (QED) is 0.812. The van der Waals surface area contributed by atoms with E-state index in [-0.39, 0.29) is 11.8 Å². The number of nitrogens with one attached hydrogen (secondary N) is 2. The van der Waals surface area contributed by atoms with E-state index in [0.717, 1.165) is 50.1 Å². The van der Waals surface area contributed by atoms with Crippen molar-refractivity contribution < 1.29 is 9.53 Å². The molecule has 4 nitrogen and oxygen atoms in total. The lowest BCUT2D eigenvalue weighted by molar-refractivity contribution is -0.122. The highest BCUT2D eigenvalue weighted by Crippen LogP contribution is 2.30. The van der Waals surface area contributed by atoms with E-state index in [9.17, 15) is 4.79 Å². The Bertz CT molecular complexity index is 814. The van der Waals surface area contributed by atoms with Crippen LogP contribution in [0.1, 0.15) is 42.4 Å². The number of carbonyl (C=O) groups is 1. The number of methoxy groups -OCH3 is 1. The lowest BCUT2D eigenvalue weighted by Crippen LogP contribution is -2.34. The normalized spacial score (nSPS) is 19.1. The number of anilines is 1. The third kappa shape index (κ3) is 4.16. The van der Waals surface area contributed by atoms with E-state index in [0.29, 0.717) is 6.04 Å². The summed E-state index contributed by atoms with van der Waals surface area (Å²) in [6, 6.07) is 15.0. The van der Waals surface area contributed by atoms with Gasteiger partial charge < -0.3 is 15.4 Å². The number of fused-ring (bicyclic) bond motifs is 1. The maximum absolute atomic E-state index is 12.1. The number of ether oxygens (including phenoxy) is 1. The van der Waals surface area contributed by atoms with E-state index in [1.165, 1.54) is 23.1 Å². The molecule has 1 amide bonds. The predicted octanol–water partition coefficient (Wildman–Crippen LogP) is 4.08. The monoisotopic (exact) mass is 364 g/mol. The fourth-order valence-corrected chi connectivity index (χ4v) is 4.07. The minimum atomic E-state index is 0.171. The summed E-state index contributed by atoms with van der Waals surface area (Å²) in [6.45, 7) is 0.817. The molecule has 0 radical (unpaired) electrons. The second kappa shape index (κ2) is 8.13. The molecule has 0 aliphatic heterocycles. The Morgan fingerprint density at radius 1 is 1.15 bits per heavy atom. The van der Waals surface area contributed by atoms with Gasteiger partial charge in [0, 0.05) is 24.2 Å². The number of rotatable bonds is 6. The molecule has 0 aromatic heterocycles. The second-order valence-electron chi connectivity index (χ2n) is 7.74. The number of benzene rings is 2. The van der Waals surface area contributed by atoms with Crippen molar-refractivity contribution in [1.29, 1.82) is 0 Å². The van der Waals surface area contributed by atoms with Crippen LogP contribution in [0.2, 0.25) is 0 Å². The molecule has 2 aromatic carbocycles. The van der Waals surface area contributed by atoms with E-state index in [2.05, 4.69) is 41.0 Å². The number of amides is 1. The third-order valence-electron chi connectivity index (χ3n) is 5.92. The lowest BCUT2D eigenvalue weighted by Gasteiger charge is -2.27. The van der Waals surface area contributed by atoms with E-state index in [1.54, 1.807) is 7.11 Å². The van der Waals surface area contributed by atoms with Gasteiger partial charge in [-0.05, 0) is 67.0 Å².